The van der Waals surface area contributed by atoms with E-state index in [9.17, 15) is 4.39 Å². The zero-order chi connectivity index (χ0) is 13.9. The van der Waals surface area contributed by atoms with Crippen molar-refractivity contribution in [3.05, 3.63) is 71.9 Å². The Bertz CT molecular complexity index is 710. The highest BCUT2D eigenvalue weighted by Crippen LogP contribution is 2.28. The van der Waals surface area contributed by atoms with Crippen molar-refractivity contribution in [3.8, 4) is 0 Å². The monoisotopic (exact) mass is 270 g/mol. The van der Waals surface area contributed by atoms with Crippen LogP contribution >= 0.6 is 0 Å². The number of hydrazine groups is 1. The average molecular weight is 270 g/mol. The molecule has 0 saturated carbocycles. The Hall–Kier alpha value is -2.17. The molecule has 0 radical (unpaired) electrons. The van der Waals surface area contributed by atoms with Crippen molar-refractivity contribution in [1.29, 1.82) is 0 Å². The number of rotatable bonds is 4. The van der Waals surface area contributed by atoms with Gasteiger partial charge in [-0.1, -0.05) is 30.3 Å². The Labute approximate surface area is 116 Å². The third kappa shape index (κ3) is 2.31. The second kappa shape index (κ2) is 5.45. The molecule has 3 aromatic rings. The van der Waals surface area contributed by atoms with Gasteiger partial charge in [-0.2, -0.15) is 0 Å². The minimum absolute atomic E-state index is 0.0990. The molecule has 102 valence electrons. The number of hydrogen-bond acceptors (Lipinski definition) is 3. The van der Waals surface area contributed by atoms with E-state index in [1.807, 2.05) is 24.3 Å². The van der Waals surface area contributed by atoms with Gasteiger partial charge in [-0.05, 0) is 35.1 Å². The number of nitrogens with two attached hydrogens (primary N) is 1. The summed E-state index contributed by atoms with van der Waals surface area (Å²) in [6, 6.07) is 12.5. The molecule has 4 heteroatoms. The highest BCUT2D eigenvalue weighted by molar-refractivity contribution is 5.86. The average Bonchev–Trinajstić information content (AvgIpc) is 2.99. The van der Waals surface area contributed by atoms with Crippen LogP contribution in [-0.4, -0.2) is 0 Å². The van der Waals surface area contributed by atoms with E-state index in [1.165, 1.54) is 6.07 Å². The quantitative estimate of drug-likeness (QED) is 0.565. The van der Waals surface area contributed by atoms with Gasteiger partial charge >= 0.3 is 0 Å². The van der Waals surface area contributed by atoms with Crippen molar-refractivity contribution < 1.29 is 8.81 Å². The second-order valence-electron chi connectivity index (χ2n) is 4.74. The Kier molecular flexibility index (Phi) is 3.50. The lowest BCUT2D eigenvalue weighted by atomic mass is 9.95. The number of benzene rings is 2. The Morgan fingerprint density at radius 3 is 2.60 bits per heavy atom. The van der Waals surface area contributed by atoms with E-state index in [4.69, 9.17) is 10.3 Å². The van der Waals surface area contributed by atoms with Crippen LogP contribution in [0.2, 0.25) is 0 Å². The van der Waals surface area contributed by atoms with Gasteiger partial charge in [-0.25, -0.2) is 4.39 Å². The number of hydrogen-bond donors (Lipinski definition) is 2. The van der Waals surface area contributed by atoms with E-state index in [1.54, 1.807) is 24.7 Å². The van der Waals surface area contributed by atoms with Crippen LogP contribution in [0.15, 0.2) is 59.4 Å². The Balaban J connectivity index is 2.05. The molecule has 3 nitrogen and oxygen atoms in total. The van der Waals surface area contributed by atoms with Crippen LogP contribution in [0.4, 0.5) is 4.39 Å². The molecule has 0 aliphatic carbocycles. The van der Waals surface area contributed by atoms with Gasteiger partial charge in [-0.3, -0.25) is 11.3 Å². The van der Waals surface area contributed by atoms with Crippen LogP contribution in [-0.2, 0) is 6.42 Å². The molecule has 0 spiro atoms. The predicted octanol–water partition coefficient (Wildman–Crippen LogP) is 3.32. The molecule has 20 heavy (non-hydrogen) atoms. The molecular formula is C16H15FN2O. The lowest BCUT2D eigenvalue weighted by Crippen LogP contribution is -2.29. The third-order valence-electron chi connectivity index (χ3n) is 3.50. The van der Waals surface area contributed by atoms with Crippen LogP contribution in [0.1, 0.15) is 17.2 Å². The van der Waals surface area contributed by atoms with Crippen molar-refractivity contribution in [2.24, 2.45) is 5.84 Å². The Morgan fingerprint density at radius 2 is 1.90 bits per heavy atom. The summed E-state index contributed by atoms with van der Waals surface area (Å²) in [5.74, 6) is 5.46. The zero-order valence-electron chi connectivity index (χ0n) is 10.8. The molecule has 1 heterocycles. The molecule has 3 N–H and O–H groups in total. The minimum Gasteiger partial charge on any atom is -0.472 e. The molecule has 0 saturated heterocycles. The van der Waals surface area contributed by atoms with Crippen LogP contribution in [0.5, 0.6) is 0 Å². The number of halogens is 1. The van der Waals surface area contributed by atoms with Gasteiger partial charge in [0, 0.05) is 5.39 Å². The van der Waals surface area contributed by atoms with Gasteiger partial charge in [0.15, 0.2) is 0 Å². The van der Waals surface area contributed by atoms with E-state index in [0.717, 1.165) is 16.5 Å². The summed E-state index contributed by atoms with van der Waals surface area (Å²) >= 11 is 0. The van der Waals surface area contributed by atoms with Crippen molar-refractivity contribution in [1.82, 2.24) is 5.43 Å². The van der Waals surface area contributed by atoms with Gasteiger partial charge in [-0.15, -0.1) is 0 Å². The summed E-state index contributed by atoms with van der Waals surface area (Å²) in [5.41, 5.74) is 4.82. The molecular weight excluding hydrogens is 255 g/mol. The summed E-state index contributed by atoms with van der Waals surface area (Å²) in [6.07, 6.45) is 4.00. The van der Waals surface area contributed by atoms with Crippen LogP contribution in [0.3, 0.4) is 0 Å². The fourth-order valence-electron chi connectivity index (χ4n) is 2.49. The Morgan fingerprint density at radius 1 is 1.10 bits per heavy atom. The topological polar surface area (TPSA) is 51.2 Å². The summed E-state index contributed by atoms with van der Waals surface area (Å²) in [7, 11) is 0. The highest BCUT2D eigenvalue weighted by Gasteiger charge is 2.15. The van der Waals surface area contributed by atoms with Crippen molar-refractivity contribution >= 4 is 10.8 Å². The van der Waals surface area contributed by atoms with Crippen LogP contribution in [0, 0.1) is 5.82 Å². The summed E-state index contributed by atoms with van der Waals surface area (Å²) in [4.78, 5) is 0. The predicted molar refractivity (Wildman–Crippen MR) is 76.4 cm³/mol. The van der Waals surface area contributed by atoms with E-state index in [2.05, 4.69) is 5.43 Å². The molecule has 0 fully saturated rings. The van der Waals surface area contributed by atoms with Gasteiger partial charge in [0.2, 0.25) is 0 Å². The SMILES string of the molecule is NNC(Cc1ccoc1)c1ccc(F)c2ccccc12. The molecule has 1 aromatic heterocycles. The molecule has 0 amide bonds. The summed E-state index contributed by atoms with van der Waals surface area (Å²) in [5, 5.41) is 1.48. The fraction of sp³-hybridized carbons (Fsp3) is 0.125. The molecule has 0 aliphatic heterocycles. The third-order valence-corrected chi connectivity index (χ3v) is 3.50. The molecule has 0 aliphatic rings. The number of furan rings is 1. The lowest BCUT2D eigenvalue weighted by molar-refractivity contribution is 0.537. The second-order valence-corrected chi connectivity index (χ2v) is 4.74. The normalized spacial score (nSPS) is 12.7. The standard InChI is InChI=1S/C16H15FN2O/c17-15-6-5-14(12-3-1-2-4-13(12)15)16(19-18)9-11-7-8-20-10-11/h1-8,10,16,19H,9,18H2. The maximum Gasteiger partial charge on any atom is 0.131 e. The van der Waals surface area contributed by atoms with Crippen molar-refractivity contribution in [2.75, 3.05) is 0 Å². The fourth-order valence-corrected chi connectivity index (χ4v) is 2.49. The van der Waals surface area contributed by atoms with Crippen molar-refractivity contribution in [3.63, 3.8) is 0 Å². The van der Waals surface area contributed by atoms with Crippen LogP contribution in [0.25, 0.3) is 10.8 Å². The van der Waals surface area contributed by atoms with Gasteiger partial charge in [0.1, 0.15) is 5.82 Å². The summed E-state index contributed by atoms with van der Waals surface area (Å²) in [6.45, 7) is 0. The number of fused-ring (bicyclic) bond motifs is 1. The first-order valence-electron chi connectivity index (χ1n) is 6.44. The van der Waals surface area contributed by atoms with E-state index >= 15 is 0 Å². The van der Waals surface area contributed by atoms with Gasteiger partial charge in [0.25, 0.3) is 0 Å². The van der Waals surface area contributed by atoms with Crippen molar-refractivity contribution in [2.45, 2.75) is 12.5 Å². The molecule has 3 rings (SSSR count). The number of nitrogens with one attached hydrogen (secondary N) is 1. The first kappa shape index (κ1) is 12.8. The highest BCUT2D eigenvalue weighted by atomic mass is 19.1. The molecule has 1 atom stereocenters. The first-order valence-corrected chi connectivity index (χ1v) is 6.44. The molecule has 2 aromatic carbocycles. The molecule has 1 unspecified atom stereocenters. The summed E-state index contributed by atoms with van der Waals surface area (Å²) < 4.78 is 18.9. The zero-order valence-corrected chi connectivity index (χ0v) is 10.8. The maximum absolute atomic E-state index is 13.8. The smallest absolute Gasteiger partial charge is 0.131 e. The maximum atomic E-state index is 13.8. The van der Waals surface area contributed by atoms with E-state index in [0.29, 0.717) is 11.8 Å². The first-order chi connectivity index (χ1) is 9.79. The minimum atomic E-state index is -0.219. The molecule has 0 bridgehead atoms. The van der Waals surface area contributed by atoms with Gasteiger partial charge in [0.05, 0.1) is 18.6 Å². The van der Waals surface area contributed by atoms with E-state index in [-0.39, 0.29) is 11.9 Å². The van der Waals surface area contributed by atoms with E-state index < -0.39 is 0 Å². The lowest BCUT2D eigenvalue weighted by Gasteiger charge is -2.18. The van der Waals surface area contributed by atoms with Crippen LogP contribution < -0.4 is 11.3 Å². The largest absolute Gasteiger partial charge is 0.472 e. The van der Waals surface area contributed by atoms with Gasteiger partial charge < -0.3 is 4.42 Å².